The highest BCUT2D eigenvalue weighted by molar-refractivity contribution is 6.30. The third-order valence-electron chi connectivity index (χ3n) is 3.31. The number of aromatic carboxylic acids is 1. The third kappa shape index (κ3) is 2.06. The maximum atomic E-state index is 11.1. The van der Waals surface area contributed by atoms with Crippen LogP contribution >= 0.6 is 11.6 Å². The van der Waals surface area contributed by atoms with Gasteiger partial charge in [0.15, 0.2) is 0 Å². The van der Waals surface area contributed by atoms with Gasteiger partial charge >= 0.3 is 5.97 Å². The molecule has 1 heterocycles. The highest BCUT2D eigenvalue weighted by atomic mass is 35.5. The van der Waals surface area contributed by atoms with Crippen molar-refractivity contribution >= 4 is 28.5 Å². The van der Waals surface area contributed by atoms with E-state index in [0.717, 1.165) is 16.5 Å². The monoisotopic (exact) mass is 286 g/mol. The van der Waals surface area contributed by atoms with Crippen molar-refractivity contribution in [3.8, 4) is 11.1 Å². The first-order valence-electron chi connectivity index (χ1n) is 6.08. The van der Waals surface area contributed by atoms with Crippen molar-refractivity contribution in [1.29, 1.82) is 0 Å². The lowest BCUT2D eigenvalue weighted by Crippen LogP contribution is -1.94. The molecule has 20 heavy (non-hydrogen) atoms. The van der Waals surface area contributed by atoms with E-state index < -0.39 is 5.97 Å². The highest BCUT2D eigenvalue weighted by Gasteiger charge is 2.16. The van der Waals surface area contributed by atoms with E-state index >= 15 is 0 Å². The summed E-state index contributed by atoms with van der Waals surface area (Å²) in [4.78, 5) is 11.1. The van der Waals surface area contributed by atoms with Crippen molar-refractivity contribution in [3.05, 3.63) is 58.8 Å². The normalized spacial score (nSPS) is 10.9. The summed E-state index contributed by atoms with van der Waals surface area (Å²) in [5, 5.41) is 10.6. The Kier molecular flexibility index (Phi) is 2.99. The van der Waals surface area contributed by atoms with Crippen LogP contribution in [0.3, 0.4) is 0 Å². The minimum atomic E-state index is -1.05. The van der Waals surface area contributed by atoms with Gasteiger partial charge in [0.2, 0.25) is 5.76 Å². The summed E-state index contributed by atoms with van der Waals surface area (Å²) < 4.78 is 5.42. The molecule has 0 aliphatic heterocycles. The second-order valence-corrected chi connectivity index (χ2v) is 5.02. The number of aryl methyl sites for hydroxylation is 1. The third-order valence-corrected chi connectivity index (χ3v) is 3.56. The van der Waals surface area contributed by atoms with E-state index in [1.54, 1.807) is 6.92 Å². The van der Waals surface area contributed by atoms with Crippen LogP contribution in [0.2, 0.25) is 5.02 Å². The van der Waals surface area contributed by atoms with E-state index in [4.69, 9.17) is 21.1 Å². The summed E-state index contributed by atoms with van der Waals surface area (Å²) >= 11 is 5.87. The second-order valence-electron chi connectivity index (χ2n) is 4.58. The SMILES string of the molecule is Cc1c(C(=O)O)oc2cc(-c3ccc(Cl)cc3)ccc12. The molecule has 0 bridgehead atoms. The van der Waals surface area contributed by atoms with E-state index in [2.05, 4.69) is 0 Å². The van der Waals surface area contributed by atoms with Gasteiger partial charge in [0.05, 0.1) is 0 Å². The topological polar surface area (TPSA) is 50.4 Å². The minimum absolute atomic E-state index is 0.00624. The molecule has 0 atom stereocenters. The number of furan rings is 1. The lowest BCUT2D eigenvalue weighted by molar-refractivity contribution is 0.0664. The summed E-state index contributed by atoms with van der Waals surface area (Å²) in [6.07, 6.45) is 0. The zero-order chi connectivity index (χ0) is 14.3. The fourth-order valence-corrected chi connectivity index (χ4v) is 2.38. The van der Waals surface area contributed by atoms with Gasteiger partial charge in [-0.15, -0.1) is 0 Å². The van der Waals surface area contributed by atoms with Crippen molar-refractivity contribution in [2.24, 2.45) is 0 Å². The molecular weight excluding hydrogens is 276 g/mol. The average Bonchev–Trinajstić information content (AvgIpc) is 2.77. The first kappa shape index (κ1) is 12.8. The number of benzene rings is 2. The van der Waals surface area contributed by atoms with E-state index in [1.165, 1.54) is 0 Å². The van der Waals surface area contributed by atoms with Crippen molar-refractivity contribution in [2.75, 3.05) is 0 Å². The molecule has 0 unspecified atom stereocenters. The molecule has 0 spiro atoms. The Bertz CT molecular complexity index is 800. The number of rotatable bonds is 2. The first-order valence-corrected chi connectivity index (χ1v) is 6.46. The molecular formula is C16H11ClO3. The molecule has 2 aromatic carbocycles. The molecule has 0 fully saturated rings. The minimum Gasteiger partial charge on any atom is -0.475 e. The predicted molar refractivity (Wildman–Crippen MR) is 78.4 cm³/mol. The molecule has 3 aromatic rings. The molecule has 0 saturated heterocycles. The molecule has 0 amide bonds. The number of halogens is 1. The second kappa shape index (κ2) is 4.69. The van der Waals surface area contributed by atoms with E-state index in [0.29, 0.717) is 16.2 Å². The molecule has 4 heteroatoms. The lowest BCUT2D eigenvalue weighted by atomic mass is 10.0. The number of fused-ring (bicyclic) bond motifs is 1. The van der Waals surface area contributed by atoms with Crippen molar-refractivity contribution in [3.63, 3.8) is 0 Å². The smallest absolute Gasteiger partial charge is 0.372 e. The van der Waals surface area contributed by atoms with Gasteiger partial charge in [0.25, 0.3) is 0 Å². The zero-order valence-corrected chi connectivity index (χ0v) is 11.4. The quantitative estimate of drug-likeness (QED) is 0.739. The van der Waals surface area contributed by atoms with Crippen LogP contribution in [0.4, 0.5) is 0 Å². The Hall–Kier alpha value is -2.26. The summed E-state index contributed by atoms with van der Waals surface area (Å²) in [7, 11) is 0. The van der Waals surface area contributed by atoms with Crippen LogP contribution in [0.5, 0.6) is 0 Å². The Morgan fingerprint density at radius 3 is 2.40 bits per heavy atom. The van der Waals surface area contributed by atoms with Crippen LogP contribution in [0.1, 0.15) is 16.1 Å². The highest BCUT2D eigenvalue weighted by Crippen LogP contribution is 2.30. The summed E-state index contributed by atoms with van der Waals surface area (Å²) in [5.74, 6) is -1.06. The average molecular weight is 287 g/mol. The number of carbonyl (C=O) groups is 1. The fourth-order valence-electron chi connectivity index (χ4n) is 2.25. The van der Waals surface area contributed by atoms with Gasteiger partial charge in [-0.3, -0.25) is 0 Å². The maximum Gasteiger partial charge on any atom is 0.372 e. The van der Waals surface area contributed by atoms with Gasteiger partial charge in [0, 0.05) is 16.0 Å². The number of hydrogen-bond donors (Lipinski definition) is 1. The molecule has 3 rings (SSSR count). The van der Waals surface area contributed by atoms with Crippen molar-refractivity contribution in [1.82, 2.24) is 0 Å². The summed E-state index contributed by atoms with van der Waals surface area (Å²) in [6, 6.07) is 13.1. The Balaban J connectivity index is 2.15. The van der Waals surface area contributed by atoms with Crippen LogP contribution in [0.25, 0.3) is 22.1 Å². The predicted octanol–water partition coefficient (Wildman–Crippen LogP) is 4.76. The van der Waals surface area contributed by atoms with Crippen LogP contribution < -0.4 is 0 Å². The number of carboxylic acid groups (broad SMARTS) is 1. The van der Waals surface area contributed by atoms with Crippen LogP contribution in [0, 0.1) is 6.92 Å². The molecule has 1 N–H and O–H groups in total. The van der Waals surface area contributed by atoms with Gasteiger partial charge in [-0.05, 0) is 36.2 Å². The maximum absolute atomic E-state index is 11.1. The number of hydrogen-bond acceptors (Lipinski definition) is 2. The van der Waals surface area contributed by atoms with E-state index in [-0.39, 0.29) is 5.76 Å². The lowest BCUT2D eigenvalue weighted by Gasteiger charge is -2.01. The molecule has 0 aliphatic carbocycles. The van der Waals surface area contributed by atoms with Gasteiger partial charge in [-0.1, -0.05) is 35.9 Å². The van der Waals surface area contributed by atoms with Crippen LogP contribution in [0.15, 0.2) is 46.9 Å². The summed E-state index contributed by atoms with van der Waals surface area (Å²) in [6.45, 7) is 1.75. The number of carboxylic acids is 1. The zero-order valence-electron chi connectivity index (χ0n) is 10.7. The molecule has 0 saturated carbocycles. The van der Waals surface area contributed by atoms with Crippen molar-refractivity contribution < 1.29 is 14.3 Å². The van der Waals surface area contributed by atoms with Crippen LogP contribution in [-0.4, -0.2) is 11.1 Å². The Labute approximate surface area is 120 Å². The molecule has 0 radical (unpaired) electrons. The molecule has 3 nitrogen and oxygen atoms in total. The van der Waals surface area contributed by atoms with E-state index in [1.807, 2.05) is 42.5 Å². The molecule has 0 aliphatic rings. The largest absolute Gasteiger partial charge is 0.475 e. The standard InChI is InChI=1S/C16H11ClO3/c1-9-13-7-4-11(10-2-5-12(17)6-3-10)8-14(13)20-15(9)16(18)19/h2-8H,1H3,(H,18,19). The van der Waals surface area contributed by atoms with Gasteiger partial charge in [0.1, 0.15) is 5.58 Å². The summed E-state index contributed by atoms with van der Waals surface area (Å²) in [5.41, 5.74) is 3.18. The molecule has 1 aromatic heterocycles. The van der Waals surface area contributed by atoms with Gasteiger partial charge in [-0.25, -0.2) is 4.79 Å². The van der Waals surface area contributed by atoms with Gasteiger partial charge < -0.3 is 9.52 Å². The van der Waals surface area contributed by atoms with Crippen LogP contribution in [-0.2, 0) is 0 Å². The molecule has 100 valence electrons. The first-order chi connectivity index (χ1) is 9.56. The Morgan fingerprint density at radius 2 is 1.75 bits per heavy atom. The van der Waals surface area contributed by atoms with Crippen molar-refractivity contribution in [2.45, 2.75) is 6.92 Å². The van der Waals surface area contributed by atoms with E-state index in [9.17, 15) is 4.79 Å². The Morgan fingerprint density at radius 1 is 1.10 bits per heavy atom. The van der Waals surface area contributed by atoms with Gasteiger partial charge in [-0.2, -0.15) is 0 Å². The fraction of sp³-hybridized carbons (Fsp3) is 0.0625.